The number of ether oxygens (including phenoxy) is 1. The molecule has 4 nitrogen and oxygen atoms in total. The Morgan fingerprint density at radius 1 is 1.44 bits per heavy atom. The van der Waals surface area contributed by atoms with E-state index in [9.17, 15) is 8.42 Å². The number of hydrogen-bond donors (Lipinski definition) is 1. The van der Waals surface area contributed by atoms with Crippen LogP contribution in [-0.2, 0) is 15.6 Å². The summed E-state index contributed by atoms with van der Waals surface area (Å²) < 4.78 is 28.9. The molecule has 16 heavy (non-hydrogen) atoms. The number of nitrogens with one attached hydrogen (secondary N) is 1. The molecule has 1 N–H and O–H groups in total. The van der Waals surface area contributed by atoms with E-state index >= 15 is 0 Å². The maximum absolute atomic E-state index is 11.9. The quantitative estimate of drug-likeness (QED) is 0.838. The molecule has 1 fully saturated rings. The van der Waals surface area contributed by atoms with Crippen molar-refractivity contribution < 1.29 is 13.2 Å². The lowest BCUT2D eigenvalue weighted by Crippen LogP contribution is -2.51. The van der Waals surface area contributed by atoms with Crippen LogP contribution in [0.5, 0.6) is 5.75 Å². The summed E-state index contributed by atoms with van der Waals surface area (Å²) in [6.45, 7) is 1.15. The number of methoxy groups -OCH3 is 1. The van der Waals surface area contributed by atoms with Crippen molar-refractivity contribution >= 4 is 9.84 Å². The maximum Gasteiger partial charge on any atom is 0.159 e. The molecule has 0 aromatic heterocycles. The van der Waals surface area contributed by atoms with Crippen LogP contribution in [0.25, 0.3) is 0 Å². The second-order valence-corrected chi connectivity index (χ2v) is 6.22. The van der Waals surface area contributed by atoms with Crippen LogP contribution in [0.4, 0.5) is 0 Å². The van der Waals surface area contributed by atoms with Crippen LogP contribution in [0, 0.1) is 0 Å². The molecule has 0 unspecified atom stereocenters. The number of benzene rings is 1. The zero-order valence-electron chi connectivity index (χ0n) is 9.14. The second kappa shape index (κ2) is 4.43. The van der Waals surface area contributed by atoms with Crippen molar-refractivity contribution in [2.75, 3.05) is 20.2 Å². The van der Waals surface area contributed by atoms with Crippen LogP contribution >= 0.6 is 0 Å². The average molecular weight is 241 g/mol. The van der Waals surface area contributed by atoms with Gasteiger partial charge in [-0.2, -0.15) is 0 Å². The summed E-state index contributed by atoms with van der Waals surface area (Å²) in [5.41, 5.74) is 0.784. The van der Waals surface area contributed by atoms with Crippen LogP contribution in [0.2, 0.25) is 0 Å². The molecule has 1 aromatic rings. The lowest BCUT2D eigenvalue weighted by molar-refractivity contribution is 0.414. The van der Waals surface area contributed by atoms with Gasteiger partial charge in [0.05, 0.1) is 18.1 Å². The first kappa shape index (κ1) is 11.4. The van der Waals surface area contributed by atoms with Gasteiger partial charge in [0, 0.05) is 13.1 Å². The Labute approximate surface area is 95.5 Å². The van der Waals surface area contributed by atoms with Gasteiger partial charge < -0.3 is 10.1 Å². The first-order valence-electron chi connectivity index (χ1n) is 5.17. The summed E-state index contributed by atoms with van der Waals surface area (Å²) in [6, 6.07) is 7.19. The third kappa shape index (κ3) is 2.36. The highest BCUT2D eigenvalue weighted by atomic mass is 32.2. The molecule has 0 bridgehead atoms. The third-order valence-electron chi connectivity index (χ3n) is 2.75. The predicted octanol–water partition coefficient (Wildman–Crippen LogP) is 0.582. The van der Waals surface area contributed by atoms with Crippen molar-refractivity contribution in [1.82, 2.24) is 5.32 Å². The molecule has 0 amide bonds. The van der Waals surface area contributed by atoms with Crippen LogP contribution < -0.4 is 10.1 Å². The van der Waals surface area contributed by atoms with E-state index < -0.39 is 9.84 Å². The first-order chi connectivity index (χ1) is 7.62. The van der Waals surface area contributed by atoms with Crippen LogP contribution in [0.1, 0.15) is 5.56 Å². The third-order valence-corrected chi connectivity index (χ3v) is 4.84. The standard InChI is InChI=1S/C11H15NO3S/c1-15-10-4-2-3-9(5-10)8-16(13,14)11-6-12-7-11/h2-5,11-12H,6-8H2,1H3. The molecular formula is C11H15NO3S. The normalized spacial score (nSPS) is 16.8. The topological polar surface area (TPSA) is 55.4 Å². The molecule has 0 saturated carbocycles. The number of rotatable bonds is 4. The highest BCUT2D eigenvalue weighted by Gasteiger charge is 2.30. The van der Waals surface area contributed by atoms with Crippen molar-refractivity contribution in [3.63, 3.8) is 0 Å². The fourth-order valence-electron chi connectivity index (χ4n) is 1.63. The SMILES string of the molecule is COc1cccc(CS(=O)(=O)C2CNC2)c1. The number of hydrogen-bond acceptors (Lipinski definition) is 4. The summed E-state index contributed by atoms with van der Waals surface area (Å²) >= 11 is 0. The molecule has 2 rings (SSSR count). The Balaban J connectivity index is 2.13. The molecule has 1 saturated heterocycles. The minimum absolute atomic E-state index is 0.0938. The molecule has 1 heterocycles. The van der Waals surface area contributed by atoms with E-state index in [1.807, 2.05) is 12.1 Å². The van der Waals surface area contributed by atoms with Crippen molar-refractivity contribution in [2.24, 2.45) is 0 Å². The summed E-state index contributed by atoms with van der Waals surface area (Å²) in [4.78, 5) is 0. The van der Waals surface area contributed by atoms with Gasteiger partial charge in [-0.05, 0) is 17.7 Å². The van der Waals surface area contributed by atoms with Crippen molar-refractivity contribution in [1.29, 1.82) is 0 Å². The molecule has 0 spiro atoms. The van der Waals surface area contributed by atoms with E-state index in [-0.39, 0.29) is 11.0 Å². The summed E-state index contributed by atoms with van der Waals surface area (Å²) in [5.74, 6) is 0.788. The van der Waals surface area contributed by atoms with Gasteiger partial charge in [-0.25, -0.2) is 8.42 Å². The lowest BCUT2D eigenvalue weighted by Gasteiger charge is -2.26. The van der Waals surface area contributed by atoms with Crippen LogP contribution in [-0.4, -0.2) is 33.9 Å². The van der Waals surface area contributed by atoms with Crippen LogP contribution in [0.3, 0.4) is 0 Å². The average Bonchev–Trinajstić information content (AvgIpc) is 2.13. The van der Waals surface area contributed by atoms with E-state index in [1.165, 1.54) is 0 Å². The van der Waals surface area contributed by atoms with Gasteiger partial charge in [-0.3, -0.25) is 0 Å². The van der Waals surface area contributed by atoms with Crippen molar-refractivity contribution in [2.45, 2.75) is 11.0 Å². The Bertz CT molecular complexity index is 466. The Hall–Kier alpha value is -1.07. The van der Waals surface area contributed by atoms with Crippen molar-refractivity contribution in [3.05, 3.63) is 29.8 Å². The predicted molar refractivity (Wildman–Crippen MR) is 62.3 cm³/mol. The zero-order valence-corrected chi connectivity index (χ0v) is 9.96. The molecule has 5 heteroatoms. The fourth-order valence-corrected chi connectivity index (χ4v) is 3.25. The van der Waals surface area contributed by atoms with Crippen molar-refractivity contribution in [3.8, 4) is 5.75 Å². The number of sulfone groups is 1. The van der Waals surface area contributed by atoms with E-state index in [0.29, 0.717) is 18.8 Å². The van der Waals surface area contributed by atoms with Gasteiger partial charge in [0.15, 0.2) is 9.84 Å². The van der Waals surface area contributed by atoms with E-state index in [0.717, 1.165) is 5.56 Å². The summed E-state index contributed by atoms with van der Waals surface area (Å²) in [5, 5.41) is 2.75. The molecule has 1 aliphatic heterocycles. The van der Waals surface area contributed by atoms with Gasteiger partial charge in [0.2, 0.25) is 0 Å². The minimum Gasteiger partial charge on any atom is -0.497 e. The molecule has 1 aliphatic rings. The molecule has 88 valence electrons. The minimum atomic E-state index is -3.02. The fraction of sp³-hybridized carbons (Fsp3) is 0.455. The zero-order chi connectivity index (χ0) is 11.6. The smallest absolute Gasteiger partial charge is 0.159 e. The van der Waals surface area contributed by atoms with E-state index in [2.05, 4.69) is 5.32 Å². The van der Waals surface area contributed by atoms with E-state index in [1.54, 1.807) is 19.2 Å². The first-order valence-corrected chi connectivity index (χ1v) is 6.88. The molecular weight excluding hydrogens is 226 g/mol. The van der Waals surface area contributed by atoms with Gasteiger partial charge >= 0.3 is 0 Å². The highest BCUT2D eigenvalue weighted by Crippen LogP contribution is 2.18. The molecule has 1 aromatic carbocycles. The Morgan fingerprint density at radius 3 is 2.75 bits per heavy atom. The molecule has 0 aliphatic carbocycles. The van der Waals surface area contributed by atoms with Gasteiger partial charge in [-0.1, -0.05) is 12.1 Å². The van der Waals surface area contributed by atoms with Crippen LogP contribution in [0.15, 0.2) is 24.3 Å². The monoisotopic (exact) mass is 241 g/mol. The second-order valence-electron chi connectivity index (χ2n) is 3.94. The summed E-state index contributed by atoms with van der Waals surface area (Å²) in [6.07, 6.45) is 0. The lowest BCUT2D eigenvalue weighted by atomic mass is 10.2. The Kier molecular flexibility index (Phi) is 3.16. The van der Waals surface area contributed by atoms with Gasteiger partial charge in [0.25, 0.3) is 0 Å². The maximum atomic E-state index is 11.9. The molecule has 0 atom stereocenters. The molecule has 0 radical (unpaired) electrons. The van der Waals surface area contributed by atoms with Gasteiger partial charge in [0.1, 0.15) is 5.75 Å². The largest absolute Gasteiger partial charge is 0.497 e. The van der Waals surface area contributed by atoms with E-state index in [4.69, 9.17) is 4.74 Å². The Morgan fingerprint density at radius 2 is 2.19 bits per heavy atom. The van der Waals surface area contributed by atoms with Gasteiger partial charge in [-0.15, -0.1) is 0 Å². The summed E-state index contributed by atoms with van der Waals surface area (Å²) in [7, 11) is -1.45. The highest BCUT2D eigenvalue weighted by molar-refractivity contribution is 7.91.